The van der Waals surface area contributed by atoms with Crippen LogP contribution >= 0.6 is 17.0 Å². The Bertz CT molecular complexity index is 1990. The van der Waals surface area contributed by atoms with Crippen molar-refractivity contribution in [3.8, 4) is 22.3 Å². The number of benzene rings is 4. The normalized spacial score (nSPS) is 18.5. The van der Waals surface area contributed by atoms with Gasteiger partial charge in [0.25, 0.3) is 0 Å². The molecule has 2 aliphatic rings. The van der Waals surface area contributed by atoms with Crippen LogP contribution < -0.4 is 0 Å². The predicted molar refractivity (Wildman–Crippen MR) is 251 cm³/mol. The fraction of sp³-hybridized carbons (Fsp3) is 0.462. The van der Waals surface area contributed by atoms with E-state index in [1.54, 1.807) is 0 Å². The number of rotatable bonds is 15. The van der Waals surface area contributed by atoms with Crippen LogP contribution in [0.1, 0.15) is 159 Å². The van der Waals surface area contributed by atoms with E-state index >= 15 is 0 Å². The van der Waals surface area contributed by atoms with Crippen molar-refractivity contribution in [2.45, 2.75) is 140 Å². The third-order valence-electron chi connectivity index (χ3n) is 14.0. The molecule has 0 aromatic heterocycles. The number of aryl methyl sites for hydroxylation is 2. The molecule has 0 fully saturated rings. The maximum absolute atomic E-state index is 9.11. The number of fused-ring (bicyclic) bond motifs is 2. The van der Waals surface area contributed by atoms with Gasteiger partial charge in [-0.3, -0.25) is 0 Å². The van der Waals surface area contributed by atoms with E-state index in [9.17, 15) is 0 Å². The van der Waals surface area contributed by atoms with Crippen molar-refractivity contribution >= 4 is 35.1 Å². The van der Waals surface area contributed by atoms with Crippen LogP contribution in [0.15, 0.2) is 83.9 Å². The number of hydrogen-bond donors (Lipinski definition) is 0. The second-order valence-electron chi connectivity index (χ2n) is 18.3. The summed E-state index contributed by atoms with van der Waals surface area (Å²) in [6.07, 6.45) is 11.7. The zero-order valence-corrected chi connectivity index (χ0v) is 41.7. The van der Waals surface area contributed by atoms with E-state index in [-0.39, 0.29) is 7.25 Å². The van der Waals surface area contributed by atoms with Gasteiger partial charge in [0.15, 0.2) is 0 Å². The van der Waals surface area contributed by atoms with Gasteiger partial charge in [-0.25, -0.2) is 0 Å². The molecule has 0 radical (unpaired) electrons. The second kappa shape index (κ2) is 17.3. The van der Waals surface area contributed by atoms with Crippen LogP contribution in [0.5, 0.6) is 0 Å². The third kappa shape index (κ3) is 7.33. The summed E-state index contributed by atoms with van der Waals surface area (Å²) in [4.78, 5) is 0. The molecule has 0 aliphatic heterocycles. The summed E-state index contributed by atoms with van der Waals surface area (Å²) in [5.74, 6) is -0.139. The average molecular weight is 884 g/mol. The van der Waals surface area contributed by atoms with E-state index in [0.717, 1.165) is 38.5 Å². The topological polar surface area (TPSA) is 0 Å². The maximum atomic E-state index is 9.11. The van der Waals surface area contributed by atoms with E-state index in [1.807, 2.05) is 0 Å². The molecule has 0 nitrogen and oxygen atoms in total. The van der Waals surface area contributed by atoms with E-state index in [2.05, 4.69) is 167 Å². The Morgan fingerprint density at radius 3 is 1.25 bits per heavy atom. The molecule has 0 amide bonds. The molecule has 299 valence electrons. The van der Waals surface area contributed by atoms with Gasteiger partial charge in [0, 0.05) is 0 Å². The van der Waals surface area contributed by atoms with Crippen LogP contribution in [0.25, 0.3) is 34.4 Å². The molecule has 4 atom stereocenters. The quantitative estimate of drug-likeness (QED) is 0.104. The van der Waals surface area contributed by atoms with Gasteiger partial charge in [0.2, 0.25) is 0 Å². The zero-order chi connectivity index (χ0) is 40.7. The molecule has 56 heavy (non-hydrogen) atoms. The first kappa shape index (κ1) is 43.6. The number of hydrogen-bond acceptors (Lipinski definition) is 0. The van der Waals surface area contributed by atoms with Crippen molar-refractivity contribution in [3.63, 3.8) is 0 Å². The van der Waals surface area contributed by atoms with Gasteiger partial charge in [-0.15, -0.1) is 0 Å². The molecule has 4 aromatic carbocycles. The van der Waals surface area contributed by atoms with Gasteiger partial charge in [-0.2, -0.15) is 0 Å². The molecular formula is C52H69Cl2SiZr. The zero-order valence-electron chi connectivity index (χ0n) is 36.6. The van der Waals surface area contributed by atoms with E-state index in [1.165, 1.54) is 77.9 Å². The van der Waals surface area contributed by atoms with Crippen LogP contribution in [0.4, 0.5) is 0 Å². The van der Waals surface area contributed by atoms with E-state index < -0.39 is 21.5 Å². The molecule has 4 heteroatoms. The van der Waals surface area contributed by atoms with Crippen LogP contribution in [0, 0.1) is 11.8 Å². The van der Waals surface area contributed by atoms with Crippen LogP contribution in [0.3, 0.4) is 0 Å². The Hall–Kier alpha value is -1.96. The molecule has 6 rings (SSSR count). The molecule has 2 aliphatic carbocycles. The molecule has 0 N–H and O–H groups in total. The van der Waals surface area contributed by atoms with Gasteiger partial charge < -0.3 is 0 Å². The van der Waals surface area contributed by atoms with Gasteiger partial charge in [0.1, 0.15) is 0 Å². The van der Waals surface area contributed by atoms with E-state index in [4.69, 9.17) is 17.0 Å². The summed E-state index contributed by atoms with van der Waals surface area (Å²) in [5.41, 5.74) is 20.0. The summed E-state index contributed by atoms with van der Waals surface area (Å²) in [6.45, 7) is 28.6. The van der Waals surface area contributed by atoms with Crippen molar-refractivity contribution in [3.05, 3.63) is 128 Å². The Kier molecular flexibility index (Phi) is 13.5. The molecule has 0 saturated heterocycles. The van der Waals surface area contributed by atoms with E-state index in [0.29, 0.717) is 23.7 Å². The molecule has 0 heterocycles. The van der Waals surface area contributed by atoms with Crippen LogP contribution in [0.2, 0.25) is 13.1 Å². The molecule has 0 spiro atoms. The molecular weight excluding hydrogens is 815 g/mol. The molecule has 4 aromatic rings. The Labute approximate surface area is 350 Å². The van der Waals surface area contributed by atoms with Crippen molar-refractivity contribution < 1.29 is 15.6 Å². The van der Waals surface area contributed by atoms with Crippen molar-refractivity contribution in [1.29, 1.82) is 0 Å². The minimum atomic E-state index is -5.07. The molecule has 0 saturated carbocycles. The fourth-order valence-corrected chi connectivity index (χ4v) is 41.7. The summed E-state index contributed by atoms with van der Waals surface area (Å²) in [5, 5.41) is 0. The minimum absolute atomic E-state index is 0.0714. The van der Waals surface area contributed by atoms with Crippen LogP contribution in [-0.4, -0.2) is 5.92 Å². The molecule has 0 bridgehead atoms. The van der Waals surface area contributed by atoms with Gasteiger partial charge in [-0.05, 0) is 0 Å². The van der Waals surface area contributed by atoms with Crippen molar-refractivity contribution in [1.82, 2.24) is 0 Å². The summed E-state index contributed by atoms with van der Waals surface area (Å²) >= 11 is -5.07. The van der Waals surface area contributed by atoms with Crippen molar-refractivity contribution in [2.24, 2.45) is 11.8 Å². The first-order valence-corrected chi connectivity index (χ1v) is 38.5. The summed E-state index contributed by atoms with van der Waals surface area (Å²) in [6, 6.07) is 28.2. The van der Waals surface area contributed by atoms with Gasteiger partial charge in [0.05, 0.1) is 0 Å². The Balaban J connectivity index is 1.72. The standard InChI is InChI=1S/2C25H31.C2H7Si.2ClH.Zr/c2*1-6-10-19-13-14-20-15-21(18(5)7-2)16-24(20)25(19)23-12-9-8-11-22(23)17(3)4;1-3-2;;;/h2*8-9,11-18H,6-7,10H2,1-5H3;3H,1-2H3;2*1H;/q;;;;;+2/p-2. The SMILES string of the molecule is CCCc1ccc2c(c1-c1ccccc1C(C)C)C=C(C(C)CC)[CH]2[Zr]([Cl])([Cl])([CH]1C(C(C)CC)=Cc2c1ccc(CCC)c2-c1ccccc1C(C)C)[SiH](C)C. The number of halogens is 2. The summed E-state index contributed by atoms with van der Waals surface area (Å²) in [7, 11) is 18.2. The third-order valence-corrected chi connectivity index (χ3v) is 65.6. The first-order valence-electron chi connectivity index (χ1n) is 22.2. The summed E-state index contributed by atoms with van der Waals surface area (Å²) < 4.78 is 0.143. The predicted octanol–water partition coefficient (Wildman–Crippen LogP) is 16.8. The van der Waals surface area contributed by atoms with Crippen molar-refractivity contribution in [2.75, 3.05) is 0 Å². The number of allylic oxidation sites excluding steroid dienone is 2. The fourth-order valence-electron chi connectivity index (χ4n) is 10.5. The van der Waals surface area contributed by atoms with Crippen LogP contribution in [-0.2, 0) is 28.4 Å². The Morgan fingerprint density at radius 1 is 0.554 bits per heavy atom. The van der Waals surface area contributed by atoms with Gasteiger partial charge in [-0.1, -0.05) is 0 Å². The average Bonchev–Trinajstić information content (AvgIpc) is 3.78. The second-order valence-corrected chi connectivity index (χ2v) is 60.8. The van der Waals surface area contributed by atoms with Gasteiger partial charge >= 0.3 is 353 Å². The first-order chi connectivity index (χ1) is 26.6. The Morgan fingerprint density at radius 2 is 0.929 bits per heavy atom. The monoisotopic (exact) mass is 881 g/mol. The molecule has 4 unspecified atom stereocenters.